The summed E-state index contributed by atoms with van der Waals surface area (Å²) in [6.07, 6.45) is 23.8. The average molecular weight is 493 g/mol. The van der Waals surface area contributed by atoms with Gasteiger partial charge in [-0.25, -0.2) is 0 Å². The zero-order chi connectivity index (χ0) is 23.9. The Balaban J connectivity index is 1.57. The maximum Gasteiger partial charge on any atom is 0.147 e. The van der Waals surface area contributed by atoms with Gasteiger partial charge in [0.1, 0.15) is 12.5 Å². The third kappa shape index (κ3) is 4.06. The van der Waals surface area contributed by atoms with Gasteiger partial charge < -0.3 is 9.67 Å². The Morgan fingerprint density at radius 3 is 2.09 bits per heavy atom. The van der Waals surface area contributed by atoms with Crippen LogP contribution < -0.4 is 0 Å². The van der Waals surface area contributed by atoms with E-state index < -0.39 is 12.5 Å². The van der Waals surface area contributed by atoms with Crippen molar-refractivity contribution in [1.29, 1.82) is 0 Å². The smallest absolute Gasteiger partial charge is 0.147 e. The molecule has 0 bridgehead atoms. The molecule has 1 N–H and O–H groups in total. The normalized spacial score (nSPS) is 28.9. The van der Waals surface area contributed by atoms with E-state index in [9.17, 15) is 5.11 Å². The van der Waals surface area contributed by atoms with Gasteiger partial charge >= 0.3 is 0 Å². The number of benzene rings is 1. The molecule has 0 spiro atoms. The van der Waals surface area contributed by atoms with Crippen molar-refractivity contribution < 1.29 is 9.67 Å². The Kier molecular flexibility index (Phi) is 6.91. The van der Waals surface area contributed by atoms with Crippen LogP contribution in [0.2, 0.25) is 0 Å². The number of hydrogen-bond donors (Lipinski definition) is 1. The van der Waals surface area contributed by atoms with E-state index in [0.29, 0.717) is 6.42 Å². The largest absolute Gasteiger partial charge is 0.377 e. The summed E-state index contributed by atoms with van der Waals surface area (Å²) in [6, 6.07) is 6.83. The first-order chi connectivity index (χ1) is 17.1. The molecule has 6 rings (SSSR count). The van der Waals surface area contributed by atoms with Gasteiger partial charge in [-0.1, -0.05) is 62.8 Å². The maximum atomic E-state index is 15.9. The molecule has 5 aliphatic carbocycles. The Morgan fingerprint density at radius 2 is 1.37 bits per heavy atom. The number of hydrogen-bond acceptors (Lipinski definition) is 2. The van der Waals surface area contributed by atoms with Crippen LogP contribution in [0, 0.1) is 0 Å². The lowest BCUT2D eigenvalue weighted by atomic mass is 9.75. The Hall–Kier alpha value is -1.11. The van der Waals surface area contributed by atoms with E-state index in [1.165, 1.54) is 92.0 Å². The fourth-order valence-corrected chi connectivity index (χ4v) is 13.6. The van der Waals surface area contributed by atoms with Gasteiger partial charge in [0.2, 0.25) is 0 Å². The highest BCUT2D eigenvalue weighted by Crippen LogP contribution is 2.75. The number of aryl methyl sites for hydroxylation is 1. The molecule has 1 aromatic rings. The minimum Gasteiger partial charge on any atom is -0.377 e. The van der Waals surface area contributed by atoms with Crippen molar-refractivity contribution in [3.8, 4) is 0 Å². The molecule has 1 aromatic carbocycles. The van der Waals surface area contributed by atoms with Gasteiger partial charge in [0.25, 0.3) is 0 Å². The second kappa shape index (κ2) is 9.98. The van der Waals surface area contributed by atoms with Gasteiger partial charge in [0.05, 0.1) is 0 Å². The second-order valence-electron chi connectivity index (χ2n) is 12.3. The van der Waals surface area contributed by atoms with Gasteiger partial charge in [-0.15, -0.1) is 0 Å². The number of aliphatic hydroxyl groups is 1. The molecule has 2 nitrogen and oxygen atoms in total. The quantitative estimate of drug-likeness (QED) is 0.426. The summed E-state index contributed by atoms with van der Waals surface area (Å²) in [7, 11) is -2.93. The minimum absolute atomic E-state index is 0.207. The van der Waals surface area contributed by atoms with E-state index in [1.54, 1.807) is 0 Å². The molecule has 35 heavy (non-hydrogen) atoms. The van der Waals surface area contributed by atoms with Gasteiger partial charge in [-0.05, 0) is 105 Å². The Bertz CT molecular complexity index is 1030. The zero-order valence-corrected chi connectivity index (χ0v) is 22.6. The van der Waals surface area contributed by atoms with E-state index in [4.69, 9.17) is 0 Å². The van der Waals surface area contributed by atoms with Crippen molar-refractivity contribution in [2.75, 3.05) is 0 Å². The summed E-state index contributed by atoms with van der Waals surface area (Å²) < 4.78 is 15.9. The van der Waals surface area contributed by atoms with E-state index >= 15 is 4.57 Å². The van der Waals surface area contributed by atoms with Crippen molar-refractivity contribution in [3.05, 3.63) is 52.1 Å². The first-order valence-electron chi connectivity index (χ1n) is 15.0. The monoisotopic (exact) mass is 492 g/mol. The average Bonchev–Trinajstić information content (AvgIpc) is 2.93. The van der Waals surface area contributed by atoms with Crippen LogP contribution in [0.25, 0.3) is 5.57 Å². The Labute approximate surface area is 213 Å². The van der Waals surface area contributed by atoms with E-state index in [1.807, 2.05) is 0 Å². The standard InChI is InChI=1S/C32H45O2P/c33-32(35(34,26-15-3-1-4-16-26)27-17-5-2-6-18-27)23-22-25-13-8-10-20-29(25)31(32)30-21-11-14-24-12-7-9-19-28(24)30/h11,14,21-22,26-27,33H,1-10,12-13,15-20,23H2. The summed E-state index contributed by atoms with van der Waals surface area (Å²) in [4.78, 5) is 0. The highest BCUT2D eigenvalue weighted by molar-refractivity contribution is 7.67. The third-order valence-corrected chi connectivity index (χ3v) is 15.1. The fraction of sp³-hybridized carbons (Fsp3) is 0.688. The van der Waals surface area contributed by atoms with Crippen molar-refractivity contribution in [2.24, 2.45) is 0 Å². The molecule has 3 fully saturated rings. The van der Waals surface area contributed by atoms with Crippen molar-refractivity contribution in [1.82, 2.24) is 0 Å². The van der Waals surface area contributed by atoms with Gasteiger partial charge in [0, 0.05) is 23.3 Å². The number of fused-ring (bicyclic) bond motifs is 2. The lowest BCUT2D eigenvalue weighted by Gasteiger charge is -2.50. The van der Waals surface area contributed by atoms with Crippen LogP contribution in [-0.4, -0.2) is 21.8 Å². The predicted molar refractivity (Wildman–Crippen MR) is 147 cm³/mol. The first-order valence-corrected chi connectivity index (χ1v) is 16.8. The maximum absolute atomic E-state index is 15.9. The molecule has 0 heterocycles. The molecule has 3 heteroatoms. The van der Waals surface area contributed by atoms with Gasteiger partial charge in [-0.2, -0.15) is 0 Å². The summed E-state index contributed by atoms with van der Waals surface area (Å²) in [5, 5.41) is 12.0. The molecule has 3 saturated carbocycles. The molecular formula is C32H45O2P. The molecule has 190 valence electrons. The lowest BCUT2D eigenvalue weighted by molar-refractivity contribution is 0.174. The predicted octanol–water partition coefficient (Wildman–Crippen LogP) is 8.94. The highest BCUT2D eigenvalue weighted by Gasteiger charge is 2.58. The van der Waals surface area contributed by atoms with Crippen LogP contribution in [0.1, 0.15) is 126 Å². The molecule has 1 unspecified atom stereocenters. The van der Waals surface area contributed by atoms with Crippen LogP contribution in [0.3, 0.4) is 0 Å². The zero-order valence-electron chi connectivity index (χ0n) is 21.7. The molecule has 0 radical (unpaired) electrons. The molecule has 1 atom stereocenters. The summed E-state index contributed by atoms with van der Waals surface area (Å²) in [6.45, 7) is 0. The van der Waals surface area contributed by atoms with Gasteiger partial charge in [0.15, 0.2) is 0 Å². The summed E-state index contributed by atoms with van der Waals surface area (Å²) in [5.41, 5.74) is 8.62. The van der Waals surface area contributed by atoms with Crippen molar-refractivity contribution in [3.63, 3.8) is 0 Å². The van der Waals surface area contributed by atoms with Crippen LogP contribution in [0.15, 0.2) is 35.4 Å². The first kappa shape index (κ1) is 24.2. The molecule has 0 amide bonds. The molecule has 0 aromatic heterocycles. The molecule has 5 aliphatic rings. The van der Waals surface area contributed by atoms with Crippen LogP contribution in [0.4, 0.5) is 0 Å². The van der Waals surface area contributed by atoms with Crippen molar-refractivity contribution >= 4 is 12.7 Å². The SMILES string of the molecule is O=P(C1CCCCC1)(C1CCCCC1)C1(O)CC=C2CCCCC2=C1c1cccc2c1CCCC2. The number of rotatable bonds is 4. The van der Waals surface area contributed by atoms with Crippen LogP contribution in [-0.2, 0) is 17.4 Å². The minimum atomic E-state index is -2.93. The molecule has 0 aliphatic heterocycles. The number of allylic oxidation sites excluding steroid dienone is 2. The van der Waals surface area contributed by atoms with E-state index in [2.05, 4.69) is 24.3 Å². The van der Waals surface area contributed by atoms with E-state index in [-0.39, 0.29) is 11.3 Å². The summed E-state index contributed by atoms with van der Waals surface area (Å²) in [5.74, 6) is 0. The van der Waals surface area contributed by atoms with Crippen molar-refractivity contribution in [2.45, 2.75) is 139 Å². The molecule has 0 saturated heterocycles. The Morgan fingerprint density at radius 1 is 0.743 bits per heavy atom. The fourth-order valence-electron chi connectivity index (χ4n) is 8.59. The summed E-state index contributed by atoms with van der Waals surface area (Å²) >= 11 is 0. The van der Waals surface area contributed by atoms with Gasteiger partial charge in [-0.3, -0.25) is 0 Å². The molecular weight excluding hydrogens is 447 g/mol. The topological polar surface area (TPSA) is 37.3 Å². The van der Waals surface area contributed by atoms with Crippen LogP contribution in [0.5, 0.6) is 0 Å². The third-order valence-electron chi connectivity index (χ3n) is 10.3. The highest BCUT2D eigenvalue weighted by atomic mass is 31.2. The van der Waals surface area contributed by atoms with Crippen LogP contribution >= 0.6 is 7.14 Å². The van der Waals surface area contributed by atoms with E-state index in [0.717, 1.165) is 56.9 Å². The second-order valence-corrected chi connectivity index (χ2v) is 15.9. The lowest BCUT2D eigenvalue weighted by Crippen LogP contribution is -2.42.